The minimum atomic E-state index is -5.36. The lowest BCUT2D eigenvalue weighted by Crippen LogP contribution is -2.51. The van der Waals surface area contributed by atoms with Gasteiger partial charge >= 0.3 is 18.5 Å². The van der Waals surface area contributed by atoms with Crippen molar-refractivity contribution >= 4 is 40.8 Å². The van der Waals surface area contributed by atoms with Crippen LogP contribution < -0.4 is 5.32 Å². The number of hydrogen-bond donors (Lipinski definition) is 1. The van der Waals surface area contributed by atoms with Gasteiger partial charge in [-0.3, -0.25) is 9.59 Å². The van der Waals surface area contributed by atoms with Gasteiger partial charge in [0.15, 0.2) is 5.82 Å². The predicted molar refractivity (Wildman–Crippen MR) is 129 cm³/mol. The monoisotopic (exact) mass is 656 g/mol. The molecule has 3 rings (SSSR count). The third-order valence-corrected chi connectivity index (χ3v) is 6.70. The third-order valence-electron chi connectivity index (χ3n) is 6.15. The second-order valence-corrected chi connectivity index (χ2v) is 10.2. The molecule has 2 aromatic rings. The van der Waals surface area contributed by atoms with Gasteiger partial charge in [0.1, 0.15) is 23.8 Å². The number of allylic oxidation sites excluding steroid dienone is 1. The zero-order valence-electron chi connectivity index (χ0n) is 20.8. The van der Waals surface area contributed by atoms with E-state index in [0.29, 0.717) is 24.3 Å². The molecule has 0 radical (unpaired) electrons. The second-order valence-electron chi connectivity index (χ2n) is 9.40. The van der Waals surface area contributed by atoms with Gasteiger partial charge < -0.3 is 10.2 Å². The highest BCUT2D eigenvalue weighted by atomic mass is 35.5. The van der Waals surface area contributed by atoms with Gasteiger partial charge in [-0.2, -0.15) is 39.5 Å². The minimum Gasteiger partial charge on any atom is -0.338 e. The number of nitrogens with zero attached hydrogens (tertiary/aromatic N) is 1. The number of likely N-dealkylation sites (N-methyl/N-ethyl adjacent to an activating group) is 1. The molecule has 42 heavy (non-hydrogen) atoms. The zero-order valence-corrected chi connectivity index (χ0v) is 22.4. The van der Waals surface area contributed by atoms with Gasteiger partial charge in [0, 0.05) is 12.6 Å². The molecule has 1 atom stereocenters. The quantitative estimate of drug-likeness (QED) is 0.242. The van der Waals surface area contributed by atoms with E-state index in [1.165, 1.54) is 0 Å². The van der Waals surface area contributed by atoms with Gasteiger partial charge in [0.05, 0.1) is 21.2 Å². The molecule has 1 aliphatic rings. The molecule has 1 N–H and O–H groups in total. The summed E-state index contributed by atoms with van der Waals surface area (Å²) in [5, 5.41) is 0.336. The first-order chi connectivity index (χ1) is 19.1. The Bertz CT molecular complexity index is 1390. The smallest absolute Gasteiger partial charge is 0.338 e. The van der Waals surface area contributed by atoms with Crippen molar-refractivity contribution < 1.29 is 57.9 Å². The number of amides is 2. The van der Waals surface area contributed by atoms with Crippen LogP contribution in [-0.2, 0) is 11.0 Å². The summed E-state index contributed by atoms with van der Waals surface area (Å²) in [6.45, 7) is -1.69. The highest BCUT2D eigenvalue weighted by molar-refractivity contribution is 6.35. The molecule has 4 nitrogen and oxygen atoms in total. The average molecular weight is 657 g/mol. The molecule has 2 amide bonds. The van der Waals surface area contributed by atoms with Crippen LogP contribution in [0.2, 0.25) is 10.0 Å². The maximum absolute atomic E-state index is 15.0. The summed E-state index contributed by atoms with van der Waals surface area (Å²) in [6.07, 6.45) is -15.8. The fraction of sp³-hybridized carbons (Fsp3) is 0.360. The molecule has 0 bridgehead atoms. The molecule has 0 aliphatic heterocycles. The van der Waals surface area contributed by atoms with Gasteiger partial charge in [-0.15, -0.1) is 0 Å². The van der Waals surface area contributed by atoms with Crippen molar-refractivity contribution in [2.75, 3.05) is 13.6 Å². The summed E-state index contributed by atoms with van der Waals surface area (Å²) in [7, 11) is 0.787. The molecule has 1 unspecified atom stereocenters. The lowest BCUT2D eigenvalue weighted by Gasteiger charge is -2.25. The lowest BCUT2D eigenvalue weighted by atomic mass is 9.95. The molecule has 0 heterocycles. The summed E-state index contributed by atoms with van der Waals surface area (Å²) in [4.78, 5) is 25.4. The van der Waals surface area contributed by atoms with E-state index in [4.69, 9.17) is 23.2 Å². The Labute approximate surface area is 240 Å². The molecule has 1 aliphatic carbocycles. The molecular formula is C25H17Cl2F11N2O2. The van der Waals surface area contributed by atoms with Gasteiger partial charge in [-0.05, 0) is 48.7 Å². The van der Waals surface area contributed by atoms with Crippen molar-refractivity contribution in [3.63, 3.8) is 0 Å². The van der Waals surface area contributed by atoms with Crippen LogP contribution in [0.15, 0.2) is 36.4 Å². The Morgan fingerprint density at radius 1 is 1.00 bits per heavy atom. The number of hydrogen-bond acceptors (Lipinski definition) is 2. The average Bonchev–Trinajstić information content (AvgIpc) is 3.62. The van der Waals surface area contributed by atoms with Crippen molar-refractivity contribution in [3.05, 3.63) is 74.5 Å². The maximum Gasteiger partial charge on any atom is 0.417 e. The molecule has 0 saturated heterocycles. The SMILES string of the molecule is CN(CC(F)(F)F)C(=O)C1(NC(=O)c2ccc(C(F)=CC(c3cc(Cl)c(F)c(Cl)c3)C(F)(F)F)cc2C(F)(F)F)CC1. The zero-order chi connectivity index (χ0) is 32.0. The molecule has 230 valence electrons. The van der Waals surface area contributed by atoms with E-state index < -0.39 is 92.3 Å². The molecule has 1 fully saturated rings. The Kier molecular flexibility index (Phi) is 9.19. The Balaban J connectivity index is 1.97. The lowest BCUT2D eigenvalue weighted by molar-refractivity contribution is -0.160. The van der Waals surface area contributed by atoms with Crippen molar-refractivity contribution in [2.45, 2.75) is 42.8 Å². The summed E-state index contributed by atoms with van der Waals surface area (Å²) in [5.74, 6) is -8.63. The first-order valence-corrected chi connectivity index (χ1v) is 12.3. The Hall–Kier alpha value is -3.07. The number of benzene rings is 2. The Morgan fingerprint density at radius 3 is 2.00 bits per heavy atom. The normalized spacial score (nSPS) is 16.2. The topological polar surface area (TPSA) is 49.4 Å². The van der Waals surface area contributed by atoms with Crippen LogP contribution in [0.5, 0.6) is 0 Å². The highest BCUT2D eigenvalue weighted by Crippen LogP contribution is 2.42. The van der Waals surface area contributed by atoms with Gasteiger partial charge in [-0.1, -0.05) is 29.3 Å². The predicted octanol–water partition coefficient (Wildman–Crippen LogP) is 8.09. The van der Waals surface area contributed by atoms with Gasteiger partial charge in [0.25, 0.3) is 5.91 Å². The largest absolute Gasteiger partial charge is 0.417 e. The molecule has 0 aromatic heterocycles. The van der Waals surface area contributed by atoms with Gasteiger partial charge in [-0.25, -0.2) is 8.78 Å². The Morgan fingerprint density at radius 2 is 1.55 bits per heavy atom. The van der Waals surface area contributed by atoms with E-state index in [-0.39, 0.29) is 29.9 Å². The van der Waals surface area contributed by atoms with Crippen LogP contribution in [0.3, 0.4) is 0 Å². The number of carbonyl (C=O) groups excluding carboxylic acids is 2. The van der Waals surface area contributed by atoms with Crippen LogP contribution in [0, 0.1) is 5.82 Å². The fourth-order valence-electron chi connectivity index (χ4n) is 4.01. The van der Waals surface area contributed by atoms with Gasteiger partial charge in [0.2, 0.25) is 5.91 Å². The van der Waals surface area contributed by atoms with Crippen molar-refractivity contribution in [1.29, 1.82) is 0 Å². The highest BCUT2D eigenvalue weighted by Gasteiger charge is 2.54. The summed E-state index contributed by atoms with van der Waals surface area (Å²) in [5.41, 5.74) is -6.72. The van der Waals surface area contributed by atoms with E-state index in [1.807, 2.05) is 5.32 Å². The summed E-state index contributed by atoms with van der Waals surface area (Å²) >= 11 is 11.0. The van der Waals surface area contributed by atoms with Crippen LogP contribution >= 0.6 is 23.2 Å². The molecule has 1 saturated carbocycles. The van der Waals surface area contributed by atoms with Crippen LogP contribution in [-0.4, -0.2) is 48.2 Å². The maximum atomic E-state index is 15.0. The van der Waals surface area contributed by atoms with Crippen LogP contribution in [0.25, 0.3) is 5.83 Å². The summed E-state index contributed by atoms with van der Waals surface area (Å²) < 4.78 is 149. The third kappa shape index (κ3) is 7.65. The van der Waals surface area contributed by atoms with Crippen molar-refractivity contribution in [3.8, 4) is 0 Å². The molecule has 17 heteroatoms. The number of nitrogens with one attached hydrogen (secondary N) is 1. The first-order valence-electron chi connectivity index (χ1n) is 11.5. The standard InChI is InChI=1S/C25H17Cl2F11N2O2/c1-40(10-23(30,31)32)21(42)22(4-5-22)39-20(41)13-3-2-11(6-15(13)25(36,37)38)18(28)9-14(24(33,34)35)12-7-16(26)19(29)17(27)8-12/h2-3,6-9,14H,4-5,10H2,1H3,(H,39,41). The molecule has 0 spiro atoms. The minimum absolute atomic E-state index is 0.0516. The van der Waals surface area contributed by atoms with Crippen LogP contribution in [0.1, 0.15) is 45.8 Å². The number of halogens is 13. The number of carbonyl (C=O) groups is 2. The van der Waals surface area contributed by atoms with Crippen molar-refractivity contribution in [1.82, 2.24) is 10.2 Å². The van der Waals surface area contributed by atoms with E-state index in [0.717, 1.165) is 7.05 Å². The molecular weight excluding hydrogens is 640 g/mol. The number of rotatable bonds is 7. The molecule has 2 aromatic carbocycles. The van der Waals surface area contributed by atoms with E-state index in [9.17, 15) is 53.5 Å². The summed E-state index contributed by atoms with van der Waals surface area (Å²) in [6, 6.07) is 2.08. The van der Waals surface area contributed by atoms with E-state index in [2.05, 4.69) is 0 Å². The van der Waals surface area contributed by atoms with Crippen LogP contribution in [0.4, 0.5) is 48.3 Å². The van der Waals surface area contributed by atoms with E-state index in [1.54, 1.807) is 0 Å². The second kappa shape index (κ2) is 11.5. The number of alkyl halides is 9. The first kappa shape index (κ1) is 33.4. The van der Waals surface area contributed by atoms with E-state index >= 15 is 4.39 Å². The van der Waals surface area contributed by atoms with Crippen molar-refractivity contribution in [2.24, 2.45) is 0 Å². The fourth-order valence-corrected chi connectivity index (χ4v) is 4.51.